The SMILES string of the molecule is CC(C)c1ccc(NC(=O)[C@H](c2ccccc2)N2CCC[C@H](C)C2)cc1. The number of carbonyl (C=O) groups excluding carboxylic acids is 1. The van der Waals surface area contributed by atoms with E-state index in [-0.39, 0.29) is 11.9 Å². The van der Waals surface area contributed by atoms with Crippen LogP contribution in [0.3, 0.4) is 0 Å². The molecule has 0 bridgehead atoms. The fourth-order valence-electron chi connectivity index (χ4n) is 3.79. The van der Waals surface area contributed by atoms with Crippen LogP contribution in [0.15, 0.2) is 54.6 Å². The van der Waals surface area contributed by atoms with E-state index in [4.69, 9.17) is 0 Å². The van der Waals surface area contributed by atoms with E-state index in [1.807, 2.05) is 30.3 Å². The van der Waals surface area contributed by atoms with Gasteiger partial charge in [0.05, 0.1) is 0 Å². The average Bonchev–Trinajstić information content (AvgIpc) is 2.63. The van der Waals surface area contributed by atoms with E-state index < -0.39 is 0 Å². The van der Waals surface area contributed by atoms with Crippen LogP contribution in [-0.2, 0) is 4.79 Å². The van der Waals surface area contributed by atoms with Gasteiger partial charge in [-0.2, -0.15) is 0 Å². The highest BCUT2D eigenvalue weighted by molar-refractivity contribution is 5.95. The van der Waals surface area contributed by atoms with Crippen molar-refractivity contribution in [1.82, 2.24) is 4.90 Å². The number of hydrogen-bond donors (Lipinski definition) is 1. The van der Waals surface area contributed by atoms with Gasteiger partial charge in [-0.3, -0.25) is 9.69 Å². The number of anilines is 1. The number of nitrogens with zero attached hydrogens (tertiary/aromatic N) is 1. The minimum absolute atomic E-state index is 0.0580. The monoisotopic (exact) mass is 350 g/mol. The smallest absolute Gasteiger partial charge is 0.246 e. The molecule has 0 saturated carbocycles. The molecule has 138 valence electrons. The molecule has 3 heteroatoms. The van der Waals surface area contributed by atoms with Gasteiger partial charge in [0.2, 0.25) is 5.91 Å². The summed E-state index contributed by atoms with van der Waals surface area (Å²) in [4.78, 5) is 15.5. The van der Waals surface area contributed by atoms with E-state index in [0.717, 1.165) is 30.8 Å². The summed E-state index contributed by atoms with van der Waals surface area (Å²) < 4.78 is 0. The van der Waals surface area contributed by atoms with Crippen LogP contribution in [0.25, 0.3) is 0 Å². The molecule has 0 aliphatic carbocycles. The van der Waals surface area contributed by atoms with Crippen molar-refractivity contribution in [3.05, 3.63) is 65.7 Å². The summed E-state index contributed by atoms with van der Waals surface area (Å²) in [5.74, 6) is 1.18. The molecule has 0 spiro atoms. The summed E-state index contributed by atoms with van der Waals surface area (Å²) in [6.07, 6.45) is 2.40. The fourth-order valence-corrected chi connectivity index (χ4v) is 3.79. The van der Waals surface area contributed by atoms with Gasteiger partial charge in [-0.15, -0.1) is 0 Å². The lowest BCUT2D eigenvalue weighted by Crippen LogP contribution is -2.42. The number of rotatable bonds is 5. The molecule has 3 nitrogen and oxygen atoms in total. The highest BCUT2D eigenvalue weighted by atomic mass is 16.2. The lowest BCUT2D eigenvalue weighted by molar-refractivity contribution is -0.122. The first kappa shape index (κ1) is 18.7. The number of piperidine rings is 1. The van der Waals surface area contributed by atoms with Gasteiger partial charge in [-0.25, -0.2) is 0 Å². The standard InChI is InChI=1S/C23H30N2O/c1-17(2)19-11-13-21(14-12-19)24-23(26)22(20-9-5-4-6-10-20)25-15-7-8-18(3)16-25/h4-6,9-14,17-18,22H,7-8,15-16H2,1-3H3,(H,24,26)/t18-,22-/m0/s1. The Bertz CT molecular complexity index is 709. The Labute approximate surface area is 157 Å². The maximum Gasteiger partial charge on any atom is 0.246 e. The number of nitrogens with one attached hydrogen (secondary N) is 1. The van der Waals surface area contributed by atoms with E-state index in [1.165, 1.54) is 12.0 Å². The predicted molar refractivity (Wildman–Crippen MR) is 108 cm³/mol. The molecule has 1 N–H and O–H groups in total. The summed E-state index contributed by atoms with van der Waals surface area (Å²) >= 11 is 0. The third kappa shape index (κ3) is 4.53. The molecule has 1 saturated heterocycles. The van der Waals surface area contributed by atoms with E-state index in [2.05, 4.69) is 55.3 Å². The summed E-state index contributed by atoms with van der Waals surface area (Å²) in [6, 6.07) is 18.1. The van der Waals surface area contributed by atoms with Crippen molar-refractivity contribution < 1.29 is 4.79 Å². The van der Waals surface area contributed by atoms with Crippen molar-refractivity contribution in [2.75, 3.05) is 18.4 Å². The molecule has 2 atom stereocenters. The average molecular weight is 351 g/mol. The largest absolute Gasteiger partial charge is 0.324 e. The topological polar surface area (TPSA) is 32.3 Å². The number of likely N-dealkylation sites (tertiary alicyclic amines) is 1. The zero-order valence-electron chi connectivity index (χ0n) is 16.1. The molecule has 2 aromatic carbocycles. The van der Waals surface area contributed by atoms with Crippen molar-refractivity contribution in [2.24, 2.45) is 5.92 Å². The predicted octanol–water partition coefficient (Wildman–Crippen LogP) is 5.22. The van der Waals surface area contributed by atoms with Crippen molar-refractivity contribution >= 4 is 11.6 Å². The highest BCUT2D eigenvalue weighted by Crippen LogP contribution is 2.28. The fraction of sp³-hybridized carbons (Fsp3) is 0.435. The Balaban J connectivity index is 1.80. The minimum Gasteiger partial charge on any atom is -0.324 e. The van der Waals surface area contributed by atoms with Crippen molar-refractivity contribution in [1.29, 1.82) is 0 Å². The van der Waals surface area contributed by atoms with Crippen LogP contribution in [0.4, 0.5) is 5.69 Å². The Hall–Kier alpha value is -2.13. The van der Waals surface area contributed by atoms with Crippen molar-refractivity contribution in [2.45, 2.75) is 45.6 Å². The van der Waals surface area contributed by atoms with Gasteiger partial charge in [-0.1, -0.05) is 63.2 Å². The lowest BCUT2D eigenvalue weighted by Gasteiger charge is -2.36. The number of hydrogen-bond acceptors (Lipinski definition) is 2. The minimum atomic E-state index is -0.233. The summed E-state index contributed by atoms with van der Waals surface area (Å²) in [6.45, 7) is 8.58. The van der Waals surface area contributed by atoms with Gasteiger partial charge in [0.1, 0.15) is 6.04 Å². The van der Waals surface area contributed by atoms with E-state index in [1.54, 1.807) is 0 Å². The third-order valence-electron chi connectivity index (χ3n) is 5.26. The van der Waals surface area contributed by atoms with Crippen molar-refractivity contribution in [3.8, 4) is 0 Å². The van der Waals surface area contributed by atoms with Gasteiger partial charge in [-0.05, 0) is 54.5 Å². The first-order valence-electron chi connectivity index (χ1n) is 9.74. The quantitative estimate of drug-likeness (QED) is 0.801. The summed E-state index contributed by atoms with van der Waals surface area (Å²) in [5, 5.41) is 3.14. The van der Waals surface area contributed by atoms with Gasteiger partial charge >= 0.3 is 0 Å². The van der Waals surface area contributed by atoms with Crippen LogP contribution in [0.2, 0.25) is 0 Å². The first-order chi connectivity index (χ1) is 12.5. The molecule has 1 aliphatic heterocycles. The molecule has 1 amide bonds. The molecule has 26 heavy (non-hydrogen) atoms. The molecule has 1 heterocycles. The Morgan fingerprint density at radius 2 is 1.73 bits per heavy atom. The first-order valence-corrected chi connectivity index (χ1v) is 9.74. The Morgan fingerprint density at radius 3 is 2.35 bits per heavy atom. The zero-order chi connectivity index (χ0) is 18.5. The second-order valence-electron chi connectivity index (χ2n) is 7.82. The molecule has 0 aromatic heterocycles. The normalized spacial score (nSPS) is 19.3. The highest BCUT2D eigenvalue weighted by Gasteiger charge is 2.30. The van der Waals surface area contributed by atoms with Gasteiger partial charge in [0.25, 0.3) is 0 Å². The van der Waals surface area contributed by atoms with Gasteiger partial charge in [0.15, 0.2) is 0 Å². The zero-order valence-corrected chi connectivity index (χ0v) is 16.1. The lowest BCUT2D eigenvalue weighted by atomic mass is 9.95. The Kier molecular flexibility index (Phi) is 6.10. The second-order valence-corrected chi connectivity index (χ2v) is 7.82. The van der Waals surface area contributed by atoms with Crippen LogP contribution in [0.5, 0.6) is 0 Å². The van der Waals surface area contributed by atoms with E-state index >= 15 is 0 Å². The second kappa shape index (κ2) is 8.50. The third-order valence-corrected chi connectivity index (χ3v) is 5.26. The van der Waals surface area contributed by atoms with Gasteiger partial charge < -0.3 is 5.32 Å². The van der Waals surface area contributed by atoms with Crippen molar-refractivity contribution in [3.63, 3.8) is 0 Å². The number of carbonyl (C=O) groups is 1. The summed E-state index contributed by atoms with van der Waals surface area (Å²) in [7, 11) is 0. The molecular formula is C23H30N2O. The van der Waals surface area contributed by atoms with E-state index in [0.29, 0.717) is 11.8 Å². The maximum absolute atomic E-state index is 13.2. The molecule has 0 radical (unpaired) electrons. The van der Waals surface area contributed by atoms with Crippen LogP contribution < -0.4 is 5.32 Å². The molecule has 0 unspecified atom stereocenters. The number of amides is 1. The van der Waals surface area contributed by atoms with Crippen LogP contribution in [0.1, 0.15) is 56.7 Å². The molecule has 2 aromatic rings. The van der Waals surface area contributed by atoms with Crippen LogP contribution >= 0.6 is 0 Å². The van der Waals surface area contributed by atoms with Crippen LogP contribution in [0, 0.1) is 5.92 Å². The maximum atomic E-state index is 13.2. The number of benzene rings is 2. The Morgan fingerprint density at radius 1 is 1.04 bits per heavy atom. The van der Waals surface area contributed by atoms with Crippen LogP contribution in [-0.4, -0.2) is 23.9 Å². The molecule has 1 fully saturated rings. The molecular weight excluding hydrogens is 320 g/mol. The molecule has 1 aliphatic rings. The van der Waals surface area contributed by atoms with Gasteiger partial charge in [0, 0.05) is 12.2 Å². The van der Waals surface area contributed by atoms with E-state index in [9.17, 15) is 4.79 Å². The summed E-state index contributed by atoms with van der Waals surface area (Å²) in [5.41, 5.74) is 3.22. The molecule has 3 rings (SSSR count).